The van der Waals surface area contributed by atoms with Crippen molar-refractivity contribution in [1.82, 2.24) is 20.4 Å². The molecule has 0 aromatic heterocycles. The number of nitrogens with zero attached hydrogens (tertiary/aromatic N) is 2. The summed E-state index contributed by atoms with van der Waals surface area (Å²) in [6.07, 6.45) is -0.331. The van der Waals surface area contributed by atoms with Gasteiger partial charge in [-0.05, 0) is 38.5 Å². The van der Waals surface area contributed by atoms with Crippen LogP contribution in [0.2, 0.25) is 0 Å². The zero-order chi connectivity index (χ0) is 19.8. The number of rotatable bonds is 5. The van der Waals surface area contributed by atoms with Crippen LogP contribution in [0.4, 0.5) is 9.59 Å². The van der Waals surface area contributed by atoms with Crippen molar-refractivity contribution in [2.24, 2.45) is 0 Å². The molecule has 1 aromatic rings. The Balaban J connectivity index is 1.83. The van der Waals surface area contributed by atoms with E-state index in [0.717, 1.165) is 5.56 Å². The monoisotopic (exact) mass is 376 g/mol. The third-order valence-corrected chi connectivity index (χ3v) is 4.17. The largest absolute Gasteiger partial charge is 0.450 e. The zero-order valence-corrected chi connectivity index (χ0v) is 16.2. The fourth-order valence-corrected chi connectivity index (χ4v) is 2.75. The minimum Gasteiger partial charge on any atom is -0.450 e. The third-order valence-electron chi connectivity index (χ3n) is 4.17. The van der Waals surface area contributed by atoms with Crippen LogP contribution in [0, 0.1) is 0 Å². The number of hydrogen-bond donors (Lipinski definition) is 2. The van der Waals surface area contributed by atoms with Gasteiger partial charge in [0.1, 0.15) is 0 Å². The van der Waals surface area contributed by atoms with E-state index in [9.17, 15) is 14.4 Å². The van der Waals surface area contributed by atoms with Gasteiger partial charge in [0.25, 0.3) is 5.91 Å². The summed E-state index contributed by atoms with van der Waals surface area (Å²) in [6.45, 7) is 8.21. The minimum absolute atomic E-state index is 0.0597. The predicted molar refractivity (Wildman–Crippen MR) is 101 cm³/mol. The summed E-state index contributed by atoms with van der Waals surface area (Å²) in [7, 11) is 0. The number of piperazine rings is 1. The molecular weight excluding hydrogens is 348 g/mol. The lowest BCUT2D eigenvalue weighted by Gasteiger charge is -2.34. The Labute approximate surface area is 159 Å². The van der Waals surface area contributed by atoms with Crippen LogP contribution in [0.1, 0.15) is 36.7 Å². The van der Waals surface area contributed by atoms with Gasteiger partial charge < -0.3 is 25.2 Å². The van der Waals surface area contributed by atoms with E-state index in [2.05, 4.69) is 10.6 Å². The summed E-state index contributed by atoms with van der Waals surface area (Å²) in [5, 5.41) is 5.53. The van der Waals surface area contributed by atoms with Gasteiger partial charge in [0.15, 0.2) is 0 Å². The maximum atomic E-state index is 12.6. The Morgan fingerprint density at radius 2 is 1.63 bits per heavy atom. The lowest BCUT2D eigenvalue weighted by molar-refractivity contribution is 0.0570. The number of carbonyl (C=O) groups is 3. The topological polar surface area (TPSA) is 91.0 Å². The number of benzene rings is 1. The van der Waals surface area contributed by atoms with Crippen molar-refractivity contribution in [3.8, 4) is 0 Å². The van der Waals surface area contributed by atoms with Crippen LogP contribution < -0.4 is 10.6 Å². The lowest BCUT2D eigenvalue weighted by Crippen LogP contribution is -2.50. The minimum atomic E-state index is -0.331. The first-order valence-electron chi connectivity index (χ1n) is 9.25. The highest BCUT2D eigenvalue weighted by atomic mass is 16.6. The van der Waals surface area contributed by atoms with E-state index in [1.165, 1.54) is 0 Å². The smallest absolute Gasteiger partial charge is 0.409 e. The molecule has 0 bridgehead atoms. The van der Waals surface area contributed by atoms with Crippen LogP contribution in [0.25, 0.3) is 0 Å². The Bertz CT molecular complexity index is 652. The van der Waals surface area contributed by atoms with Gasteiger partial charge in [-0.2, -0.15) is 0 Å². The molecule has 1 aromatic carbocycles. The molecule has 8 nitrogen and oxygen atoms in total. The van der Waals surface area contributed by atoms with E-state index in [-0.39, 0.29) is 24.1 Å². The van der Waals surface area contributed by atoms with Gasteiger partial charge in [0.2, 0.25) is 0 Å². The Morgan fingerprint density at radius 1 is 1.04 bits per heavy atom. The van der Waals surface area contributed by atoms with Gasteiger partial charge in [0.05, 0.1) is 6.61 Å². The molecule has 0 saturated carbocycles. The van der Waals surface area contributed by atoms with Gasteiger partial charge >= 0.3 is 12.1 Å². The van der Waals surface area contributed by atoms with Crippen LogP contribution in [-0.2, 0) is 11.3 Å². The van der Waals surface area contributed by atoms with Crippen molar-refractivity contribution in [2.75, 3.05) is 32.8 Å². The van der Waals surface area contributed by atoms with E-state index in [0.29, 0.717) is 44.9 Å². The van der Waals surface area contributed by atoms with Crippen LogP contribution in [-0.4, -0.2) is 66.7 Å². The highest BCUT2D eigenvalue weighted by Crippen LogP contribution is 2.11. The van der Waals surface area contributed by atoms with Crippen molar-refractivity contribution in [3.63, 3.8) is 0 Å². The molecular formula is C19H28N4O4. The van der Waals surface area contributed by atoms with Crippen LogP contribution >= 0.6 is 0 Å². The average Bonchev–Trinajstić information content (AvgIpc) is 2.66. The standard InChI is InChI=1S/C19H28N4O4/c1-4-27-19(26)23-11-9-22(10-12-23)17(24)16-7-5-15(6-8-16)13-20-18(25)21-14(2)3/h5-8,14H,4,9-13H2,1-3H3,(H2,20,21,25). The van der Waals surface area contributed by atoms with Crippen LogP contribution in [0.15, 0.2) is 24.3 Å². The summed E-state index contributed by atoms with van der Waals surface area (Å²) >= 11 is 0. The zero-order valence-electron chi connectivity index (χ0n) is 16.2. The Kier molecular flexibility index (Phi) is 7.45. The molecule has 0 unspecified atom stereocenters. The second kappa shape index (κ2) is 9.80. The van der Waals surface area contributed by atoms with Gasteiger partial charge in [-0.1, -0.05) is 12.1 Å². The van der Waals surface area contributed by atoms with Gasteiger partial charge in [-0.3, -0.25) is 4.79 Å². The molecule has 1 saturated heterocycles. The van der Waals surface area contributed by atoms with Crippen molar-refractivity contribution in [1.29, 1.82) is 0 Å². The number of hydrogen-bond acceptors (Lipinski definition) is 4. The van der Waals surface area contributed by atoms with E-state index < -0.39 is 0 Å². The quantitative estimate of drug-likeness (QED) is 0.820. The van der Waals surface area contributed by atoms with Gasteiger partial charge in [-0.15, -0.1) is 0 Å². The summed E-state index contributed by atoms with van der Waals surface area (Å²) in [5.74, 6) is -0.0597. The van der Waals surface area contributed by atoms with Crippen LogP contribution in [0.3, 0.4) is 0 Å². The first-order valence-corrected chi connectivity index (χ1v) is 9.25. The summed E-state index contributed by atoms with van der Waals surface area (Å²) in [4.78, 5) is 39.3. The molecule has 1 fully saturated rings. The average molecular weight is 376 g/mol. The maximum Gasteiger partial charge on any atom is 0.409 e. The van der Waals surface area contributed by atoms with Crippen molar-refractivity contribution < 1.29 is 19.1 Å². The fraction of sp³-hybridized carbons (Fsp3) is 0.526. The molecule has 2 rings (SSSR count). The molecule has 8 heteroatoms. The number of carbonyl (C=O) groups excluding carboxylic acids is 3. The maximum absolute atomic E-state index is 12.6. The van der Waals surface area contributed by atoms with E-state index >= 15 is 0 Å². The second-order valence-electron chi connectivity index (χ2n) is 6.66. The molecule has 1 aliphatic heterocycles. The molecule has 1 aliphatic rings. The normalized spacial score (nSPS) is 14.1. The highest BCUT2D eigenvalue weighted by Gasteiger charge is 2.25. The third kappa shape index (κ3) is 6.16. The molecule has 1 heterocycles. The molecule has 27 heavy (non-hydrogen) atoms. The number of urea groups is 1. The SMILES string of the molecule is CCOC(=O)N1CCN(C(=O)c2ccc(CNC(=O)NC(C)C)cc2)CC1. The van der Waals surface area contributed by atoms with E-state index in [4.69, 9.17) is 4.74 Å². The number of nitrogens with one attached hydrogen (secondary N) is 2. The molecule has 4 amide bonds. The molecule has 148 valence electrons. The fourth-order valence-electron chi connectivity index (χ4n) is 2.75. The van der Waals surface area contributed by atoms with Crippen LogP contribution in [0.5, 0.6) is 0 Å². The number of amides is 4. The Hall–Kier alpha value is -2.77. The summed E-state index contributed by atoms with van der Waals surface area (Å²) < 4.78 is 4.98. The van der Waals surface area contributed by atoms with Gasteiger partial charge in [-0.25, -0.2) is 9.59 Å². The lowest BCUT2D eigenvalue weighted by atomic mass is 10.1. The number of ether oxygens (including phenoxy) is 1. The predicted octanol–water partition coefficient (Wildman–Crippen LogP) is 1.81. The first-order chi connectivity index (χ1) is 12.9. The molecule has 2 N–H and O–H groups in total. The molecule has 0 aliphatic carbocycles. The Morgan fingerprint density at radius 3 is 2.19 bits per heavy atom. The second-order valence-corrected chi connectivity index (χ2v) is 6.66. The van der Waals surface area contributed by atoms with Gasteiger partial charge in [0, 0.05) is 44.3 Å². The highest BCUT2D eigenvalue weighted by molar-refractivity contribution is 5.94. The molecule has 0 spiro atoms. The summed E-state index contributed by atoms with van der Waals surface area (Å²) in [6, 6.07) is 7.04. The van der Waals surface area contributed by atoms with E-state index in [1.54, 1.807) is 28.9 Å². The molecule has 0 atom stereocenters. The van der Waals surface area contributed by atoms with Crippen molar-refractivity contribution in [3.05, 3.63) is 35.4 Å². The summed E-state index contributed by atoms with van der Waals surface area (Å²) in [5.41, 5.74) is 1.51. The van der Waals surface area contributed by atoms with Crippen molar-refractivity contribution in [2.45, 2.75) is 33.4 Å². The van der Waals surface area contributed by atoms with Crippen molar-refractivity contribution >= 4 is 18.0 Å². The van der Waals surface area contributed by atoms with E-state index in [1.807, 2.05) is 26.0 Å². The molecule has 0 radical (unpaired) electrons. The first kappa shape index (κ1) is 20.5.